The van der Waals surface area contributed by atoms with Crippen molar-refractivity contribution >= 4 is 11.8 Å². The van der Waals surface area contributed by atoms with Gasteiger partial charge in [-0.05, 0) is 38.7 Å². The van der Waals surface area contributed by atoms with Crippen LogP contribution >= 0.6 is 11.8 Å². The second kappa shape index (κ2) is 8.65. The molecule has 0 saturated carbocycles. The van der Waals surface area contributed by atoms with Crippen LogP contribution in [0.2, 0.25) is 0 Å². The predicted octanol–water partition coefficient (Wildman–Crippen LogP) is 3.91. The number of ether oxygens (including phenoxy) is 2. The topological polar surface area (TPSA) is 49.2 Å². The van der Waals surface area contributed by atoms with Gasteiger partial charge in [-0.15, -0.1) is 10.2 Å². The molecule has 24 heavy (non-hydrogen) atoms. The van der Waals surface area contributed by atoms with E-state index in [4.69, 9.17) is 9.47 Å². The summed E-state index contributed by atoms with van der Waals surface area (Å²) < 4.78 is 13.5. The van der Waals surface area contributed by atoms with Gasteiger partial charge in [0, 0.05) is 24.5 Å². The Morgan fingerprint density at radius 1 is 1.29 bits per heavy atom. The lowest BCUT2D eigenvalue weighted by Gasteiger charge is -2.22. The maximum atomic E-state index is 5.79. The SMILES string of the molecule is CCn1c(SCCO[C@H]2CCCCO2)nnc1-c1ccccc1C. The summed E-state index contributed by atoms with van der Waals surface area (Å²) in [5.41, 5.74) is 2.36. The first-order valence-electron chi connectivity index (χ1n) is 8.64. The third-order valence-electron chi connectivity index (χ3n) is 4.18. The van der Waals surface area contributed by atoms with Crippen molar-refractivity contribution in [2.45, 2.75) is 51.1 Å². The van der Waals surface area contributed by atoms with Crippen LogP contribution in [0.3, 0.4) is 0 Å². The maximum Gasteiger partial charge on any atom is 0.191 e. The minimum Gasteiger partial charge on any atom is -0.353 e. The molecule has 0 radical (unpaired) electrons. The van der Waals surface area contributed by atoms with Crippen molar-refractivity contribution < 1.29 is 9.47 Å². The molecule has 0 amide bonds. The third-order valence-corrected chi connectivity index (χ3v) is 5.11. The number of hydrogen-bond acceptors (Lipinski definition) is 5. The second-order valence-corrected chi connectivity index (χ2v) is 6.94. The molecule has 1 aliphatic rings. The van der Waals surface area contributed by atoms with E-state index in [0.29, 0.717) is 6.61 Å². The monoisotopic (exact) mass is 347 g/mol. The lowest BCUT2D eigenvalue weighted by molar-refractivity contribution is -0.158. The first-order valence-corrected chi connectivity index (χ1v) is 9.63. The number of thioether (sulfide) groups is 1. The van der Waals surface area contributed by atoms with E-state index in [1.165, 1.54) is 12.0 Å². The van der Waals surface area contributed by atoms with Gasteiger partial charge < -0.3 is 14.0 Å². The number of rotatable bonds is 7. The summed E-state index contributed by atoms with van der Waals surface area (Å²) in [6, 6.07) is 8.30. The summed E-state index contributed by atoms with van der Waals surface area (Å²) in [5, 5.41) is 9.74. The largest absolute Gasteiger partial charge is 0.353 e. The number of hydrogen-bond donors (Lipinski definition) is 0. The van der Waals surface area contributed by atoms with E-state index in [-0.39, 0.29) is 6.29 Å². The van der Waals surface area contributed by atoms with E-state index >= 15 is 0 Å². The molecule has 2 heterocycles. The van der Waals surface area contributed by atoms with Gasteiger partial charge in [0.15, 0.2) is 17.3 Å². The van der Waals surface area contributed by atoms with Crippen LogP contribution in [-0.2, 0) is 16.0 Å². The molecule has 0 aliphatic carbocycles. The maximum absolute atomic E-state index is 5.79. The van der Waals surface area contributed by atoms with Crippen molar-refractivity contribution in [1.82, 2.24) is 14.8 Å². The van der Waals surface area contributed by atoms with Crippen molar-refractivity contribution in [1.29, 1.82) is 0 Å². The van der Waals surface area contributed by atoms with Gasteiger partial charge in [-0.25, -0.2) is 0 Å². The first kappa shape index (κ1) is 17.5. The molecule has 0 bridgehead atoms. The molecule has 1 saturated heterocycles. The number of aryl methyl sites for hydroxylation is 1. The number of benzene rings is 1. The van der Waals surface area contributed by atoms with Crippen LogP contribution in [0.15, 0.2) is 29.4 Å². The van der Waals surface area contributed by atoms with Crippen molar-refractivity contribution in [3.63, 3.8) is 0 Å². The molecular formula is C18H25N3O2S. The molecule has 6 heteroatoms. The van der Waals surface area contributed by atoms with E-state index in [1.807, 2.05) is 12.1 Å². The van der Waals surface area contributed by atoms with Gasteiger partial charge in [0.1, 0.15) is 0 Å². The molecule has 1 aliphatic heterocycles. The smallest absolute Gasteiger partial charge is 0.191 e. The Labute approximate surface area is 147 Å². The Morgan fingerprint density at radius 2 is 2.17 bits per heavy atom. The molecule has 1 aromatic carbocycles. The van der Waals surface area contributed by atoms with Gasteiger partial charge in [0.05, 0.1) is 6.61 Å². The molecule has 5 nitrogen and oxygen atoms in total. The highest BCUT2D eigenvalue weighted by Crippen LogP contribution is 2.26. The van der Waals surface area contributed by atoms with Gasteiger partial charge in [-0.3, -0.25) is 0 Å². The molecule has 0 N–H and O–H groups in total. The average molecular weight is 347 g/mol. The summed E-state index contributed by atoms with van der Waals surface area (Å²) in [6.45, 7) is 6.58. The summed E-state index contributed by atoms with van der Waals surface area (Å²) >= 11 is 1.69. The zero-order valence-electron chi connectivity index (χ0n) is 14.4. The van der Waals surface area contributed by atoms with E-state index < -0.39 is 0 Å². The Bertz CT molecular complexity index is 653. The highest BCUT2D eigenvalue weighted by molar-refractivity contribution is 7.99. The Kier molecular flexibility index (Phi) is 6.29. The van der Waals surface area contributed by atoms with Gasteiger partial charge in [-0.2, -0.15) is 0 Å². The van der Waals surface area contributed by atoms with Crippen LogP contribution in [0.4, 0.5) is 0 Å². The molecule has 1 fully saturated rings. The van der Waals surface area contributed by atoms with Gasteiger partial charge >= 0.3 is 0 Å². The molecule has 0 spiro atoms. The van der Waals surface area contributed by atoms with Crippen molar-refractivity contribution in [2.24, 2.45) is 0 Å². The molecule has 1 aromatic heterocycles. The van der Waals surface area contributed by atoms with E-state index in [0.717, 1.165) is 48.3 Å². The fraction of sp³-hybridized carbons (Fsp3) is 0.556. The van der Waals surface area contributed by atoms with Crippen molar-refractivity contribution in [2.75, 3.05) is 19.0 Å². The summed E-state index contributed by atoms with van der Waals surface area (Å²) in [4.78, 5) is 0. The fourth-order valence-corrected chi connectivity index (χ4v) is 3.69. The molecular weight excluding hydrogens is 322 g/mol. The summed E-state index contributed by atoms with van der Waals surface area (Å²) in [5.74, 6) is 1.79. The summed E-state index contributed by atoms with van der Waals surface area (Å²) in [7, 11) is 0. The first-order chi connectivity index (χ1) is 11.8. The van der Waals surface area contributed by atoms with Crippen molar-refractivity contribution in [3.8, 4) is 11.4 Å². The van der Waals surface area contributed by atoms with Crippen LogP contribution in [0.1, 0.15) is 31.7 Å². The van der Waals surface area contributed by atoms with E-state index in [9.17, 15) is 0 Å². The quantitative estimate of drug-likeness (QED) is 0.561. The highest BCUT2D eigenvalue weighted by atomic mass is 32.2. The second-order valence-electron chi connectivity index (χ2n) is 5.88. The minimum atomic E-state index is -0.0223. The molecule has 0 unspecified atom stereocenters. The zero-order chi connectivity index (χ0) is 16.8. The van der Waals surface area contributed by atoms with Crippen molar-refractivity contribution in [3.05, 3.63) is 29.8 Å². The zero-order valence-corrected chi connectivity index (χ0v) is 15.2. The third kappa shape index (κ3) is 4.18. The van der Waals surface area contributed by atoms with Gasteiger partial charge in [-0.1, -0.05) is 36.0 Å². The Balaban J connectivity index is 1.59. The minimum absolute atomic E-state index is 0.0223. The Morgan fingerprint density at radius 3 is 2.92 bits per heavy atom. The van der Waals surface area contributed by atoms with Crippen LogP contribution < -0.4 is 0 Å². The summed E-state index contributed by atoms with van der Waals surface area (Å²) in [6.07, 6.45) is 3.33. The van der Waals surface area contributed by atoms with Crippen LogP contribution in [0, 0.1) is 6.92 Å². The normalized spacial score (nSPS) is 18.0. The lowest BCUT2D eigenvalue weighted by Crippen LogP contribution is -2.23. The van der Waals surface area contributed by atoms with Crippen LogP contribution in [0.25, 0.3) is 11.4 Å². The van der Waals surface area contributed by atoms with Crippen LogP contribution in [0.5, 0.6) is 0 Å². The van der Waals surface area contributed by atoms with Gasteiger partial charge in [0.25, 0.3) is 0 Å². The number of nitrogens with zero attached hydrogens (tertiary/aromatic N) is 3. The fourth-order valence-electron chi connectivity index (χ4n) is 2.86. The van der Waals surface area contributed by atoms with Crippen LogP contribution in [-0.4, -0.2) is 40.0 Å². The highest BCUT2D eigenvalue weighted by Gasteiger charge is 2.16. The standard InChI is InChI=1S/C18H25N3O2S/c1-3-21-17(15-9-5-4-8-14(15)2)19-20-18(21)24-13-12-23-16-10-6-7-11-22-16/h4-5,8-9,16H,3,6-7,10-13H2,1-2H3/t16-/m0/s1. The molecule has 3 rings (SSSR count). The van der Waals surface area contributed by atoms with E-state index in [1.54, 1.807) is 11.8 Å². The lowest BCUT2D eigenvalue weighted by atomic mass is 10.1. The van der Waals surface area contributed by atoms with E-state index in [2.05, 4.69) is 40.7 Å². The van der Waals surface area contributed by atoms with Gasteiger partial charge in [0.2, 0.25) is 0 Å². The molecule has 2 aromatic rings. The number of aromatic nitrogens is 3. The average Bonchev–Trinajstić information content (AvgIpc) is 3.02. The predicted molar refractivity (Wildman–Crippen MR) is 96.1 cm³/mol. The molecule has 130 valence electrons. The molecule has 1 atom stereocenters. The Hall–Kier alpha value is -1.37.